The van der Waals surface area contributed by atoms with Crippen LogP contribution in [0.15, 0.2) is 0 Å². The van der Waals surface area contributed by atoms with Gasteiger partial charge in [-0.05, 0) is 26.7 Å². The molecule has 0 saturated carbocycles. The molecule has 2 unspecified atom stereocenters. The smallest absolute Gasteiger partial charge is 0.219 e. The van der Waals surface area contributed by atoms with Crippen LogP contribution in [0.3, 0.4) is 0 Å². The van der Waals surface area contributed by atoms with Gasteiger partial charge in [-0.2, -0.15) is 0 Å². The lowest BCUT2D eigenvalue weighted by Crippen LogP contribution is -2.54. The predicted molar refractivity (Wildman–Crippen MR) is 68.2 cm³/mol. The highest BCUT2D eigenvalue weighted by Gasteiger charge is 2.42. The zero-order chi connectivity index (χ0) is 13.2. The fourth-order valence-corrected chi connectivity index (χ4v) is 3.05. The normalized spacial score (nSPS) is 32.9. The van der Waals surface area contributed by atoms with Crippen LogP contribution in [-0.4, -0.2) is 42.9 Å². The topological polar surface area (TPSA) is 73.6 Å². The molecule has 2 aliphatic heterocycles. The molecule has 1 amide bonds. The van der Waals surface area contributed by atoms with Crippen LogP contribution in [0.5, 0.6) is 0 Å². The molecule has 0 aromatic rings. The van der Waals surface area contributed by atoms with Crippen LogP contribution in [-0.2, 0) is 14.3 Å². The third kappa shape index (κ3) is 3.43. The maximum atomic E-state index is 11.0. The molecule has 18 heavy (non-hydrogen) atoms. The van der Waals surface area contributed by atoms with Crippen LogP contribution in [0, 0.1) is 0 Å². The quantitative estimate of drug-likeness (QED) is 0.771. The van der Waals surface area contributed by atoms with E-state index in [1.165, 1.54) is 0 Å². The van der Waals surface area contributed by atoms with Crippen molar-refractivity contribution in [3.8, 4) is 0 Å². The Morgan fingerprint density at radius 3 is 2.89 bits per heavy atom. The Morgan fingerprint density at radius 2 is 2.28 bits per heavy atom. The van der Waals surface area contributed by atoms with Gasteiger partial charge in [0.1, 0.15) is 0 Å². The van der Waals surface area contributed by atoms with E-state index in [0.29, 0.717) is 19.1 Å². The number of rotatable bonds is 4. The Labute approximate surface area is 108 Å². The number of hydrogen-bond donors (Lipinski definition) is 2. The SMILES string of the molecule is CC(C)(CC(N)=O)NC1CCOC2(CCOC2)C1. The maximum absolute atomic E-state index is 11.0. The van der Waals surface area contributed by atoms with Crippen LogP contribution in [0.1, 0.15) is 39.5 Å². The summed E-state index contributed by atoms with van der Waals surface area (Å²) in [5, 5.41) is 3.54. The molecule has 0 aromatic carbocycles. The maximum Gasteiger partial charge on any atom is 0.219 e. The molecule has 0 bridgehead atoms. The van der Waals surface area contributed by atoms with Gasteiger partial charge in [-0.25, -0.2) is 0 Å². The molecule has 2 saturated heterocycles. The summed E-state index contributed by atoms with van der Waals surface area (Å²) >= 11 is 0. The molecular weight excluding hydrogens is 232 g/mol. The Morgan fingerprint density at radius 1 is 1.50 bits per heavy atom. The van der Waals surface area contributed by atoms with Crippen LogP contribution in [0.4, 0.5) is 0 Å². The zero-order valence-electron chi connectivity index (χ0n) is 11.3. The summed E-state index contributed by atoms with van der Waals surface area (Å²) in [4.78, 5) is 11.0. The molecule has 5 nitrogen and oxygen atoms in total. The Kier molecular flexibility index (Phi) is 3.94. The van der Waals surface area contributed by atoms with Gasteiger partial charge in [0, 0.05) is 37.6 Å². The number of nitrogens with two attached hydrogens (primary N) is 1. The molecule has 0 aliphatic carbocycles. The standard InChI is InChI=1S/C13H24N2O3/c1-12(2,8-11(14)16)15-10-3-5-18-13(7-10)4-6-17-9-13/h10,15H,3-9H2,1-2H3,(H2,14,16). The van der Waals surface area contributed by atoms with Gasteiger partial charge < -0.3 is 20.5 Å². The van der Waals surface area contributed by atoms with Gasteiger partial charge in [0.05, 0.1) is 12.2 Å². The lowest BCUT2D eigenvalue weighted by molar-refractivity contribution is -0.119. The zero-order valence-corrected chi connectivity index (χ0v) is 11.3. The van der Waals surface area contributed by atoms with Gasteiger partial charge in [0.15, 0.2) is 0 Å². The van der Waals surface area contributed by atoms with E-state index in [9.17, 15) is 4.79 Å². The van der Waals surface area contributed by atoms with Crippen molar-refractivity contribution in [2.24, 2.45) is 5.73 Å². The van der Waals surface area contributed by atoms with E-state index in [2.05, 4.69) is 5.32 Å². The van der Waals surface area contributed by atoms with Gasteiger partial charge in [-0.1, -0.05) is 0 Å². The van der Waals surface area contributed by atoms with Gasteiger partial charge in [0.25, 0.3) is 0 Å². The van der Waals surface area contributed by atoms with Gasteiger partial charge in [0.2, 0.25) is 5.91 Å². The van der Waals surface area contributed by atoms with Gasteiger partial charge in [-0.15, -0.1) is 0 Å². The summed E-state index contributed by atoms with van der Waals surface area (Å²) in [5.41, 5.74) is 4.92. The van der Waals surface area contributed by atoms with Crippen molar-refractivity contribution in [1.29, 1.82) is 0 Å². The predicted octanol–water partition coefficient (Wildman–Crippen LogP) is 0.568. The van der Waals surface area contributed by atoms with E-state index in [-0.39, 0.29) is 17.0 Å². The number of ether oxygens (including phenoxy) is 2. The summed E-state index contributed by atoms with van der Waals surface area (Å²) in [6.45, 7) is 6.28. The first-order chi connectivity index (χ1) is 8.41. The van der Waals surface area contributed by atoms with E-state index in [1.54, 1.807) is 0 Å². The number of amides is 1. The van der Waals surface area contributed by atoms with E-state index in [4.69, 9.17) is 15.2 Å². The molecule has 2 fully saturated rings. The molecule has 104 valence electrons. The Bertz CT molecular complexity index is 311. The van der Waals surface area contributed by atoms with Crippen LogP contribution in [0.2, 0.25) is 0 Å². The van der Waals surface area contributed by atoms with Crippen molar-refractivity contribution in [3.63, 3.8) is 0 Å². The lowest BCUT2D eigenvalue weighted by Gasteiger charge is -2.40. The summed E-state index contributed by atoms with van der Waals surface area (Å²) in [6.07, 6.45) is 3.26. The first-order valence-corrected chi connectivity index (χ1v) is 6.69. The molecule has 3 N–H and O–H groups in total. The number of nitrogens with one attached hydrogen (secondary N) is 1. The van der Waals surface area contributed by atoms with E-state index in [1.807, 2.05) is 13.8 Å². The fraction of sp³-hybridized carbons (Fsp3) is 0.923. The summed E-state index contributed by atoms with van der Waals surface area (Å²) in [5.74, 6) is -0.265. The van der Waals surface area contributed by atoms with Crippen LogP contribution < -0.4 is 11.1 Å². The Hall–Kier alpha value is -0.650. The summed E-state index contributed by atoms with van der Waals surface area (Å²) in [7, 11) is 0. The molecule has 2 heterocycles. The first kappa shape index (κ1) is 13.8. The Balaban J connectivity index is 1.91. The highest BCUT2D eigenvalue weighted by molar-refractivity contribution is 5.75. The lowest BCUT2D eigenvalue weighted by atomic mass is 9.87. The summed E-state index contributed by atoms with van der Waals surface area (Å²) in [6, 6.07) is 0.370. The van der Waals surface area contributed by atoms with Gasteiger partial charge in [-0.3, -0.25) is 4.79 Å². The van der Waals surface area contributed by atoms with Crippen molar-refractivity contribution < 1.29 is 14.3 Å². The highest BCUT2D eigenvalue weighted by Crippen LogP contribution is 2.33. The van der Waals surface area contributed by atoms with Crippen LogP contribution in [0.25, 0.3) is 0 Å². The van der Waals surface area contributed by atoms with Crippen LogP contribution >= 0.6 is 0 Å². The van der Waals surface area contributed by atoms with E-state index >= 15 is 0 Å². The number of primary amides is 1. The average Bonchev–Trinajstić information content (AvgIpc) is 2.63. The minimum absolute atomic E-state index is 0.0985. The third-order valence-electron chi connectivity index (χ3n) is 3.77. The number of carbonyl (C=O) groups excluding carboxylic acids is 1. The van der Waals surface area contributed by atoms with E-state index in [0.717, 1.165) is 32.5 Å². The molecule has 2 atom stereocenters. The number of carbonyl (C=O) groups is 1. The van der Waals surface area contributed by atoms with Crippen molar-refractivity contribution in [1.82, 2.24) is 5.32 Å². The van der Waals surface area contributed by atoms with Gasteiger partial charge >= 0.3 is 0 Å². The molecule has 0 aromatic heterocycles. The minimum atomic E-state index is -0.265. The summed E-state index contributed by atoms with van der Waals surface area (Å²) < 4.78 is 11.3. The molecule has 2 aliphatic rings. The minimum Gasteiger partial charge on any atom is -0.378 e. The third-order valence-corrected chi connectivity index (χ3v) is 3.77. The number of hydrogen-bond acceptors (Lipinski definition) is 4. The van der Waals surface area contributed by atoms with Crippen molar-refractivity contribution >= 4 is 5.91 Å². The largest absolute Gasteiger partial charge is 0.378 e. The molecule has 0 radical (unpaired) electrons. The molecule has 2 rings (SSSR count). The van der Waals surface area contributed by atoms with Crippen molar-refractivity contribution in [2.45, 2.75) is 56.7 Å². The second kappa shape index (κ2) is 5.15. The first-order valence-electron chi connectivity index (χ1n) is 6.69. The molecular formula is C13H24N2O3. The monoisotopic (exact) mass is 256 g/mol. The molecule has 1 spiro atoms. The molecule has 5 heteroatoms. The van der Waals surface area contributed by atoms with E-state index < -0.39 is 0 Å². The van der Waals surface area contributed by atoms with Crippen molar-refractivity contribution in [3.05, 3.63) is 0 Å². The van der Waals surface area contributed by atoms with Crippen molar-refractivity contribution in [2.75, 3.05) is 19.8 Å². The second-order valence-corrected chi connectivity index (χ2v) is 6.20. The fourth-order valence-electron chi connectivity index (χ4n) is 3.05. The average molecular weight is 256 g/mol. The highest BCUT2D eigenvalue weighted by atomic mass is 16.6. The second-order valence-electron chi connectivity index (χ2n) is 6.20.